The third-order valence-corrected chi connectivity index (χ3v) is 5.51. The molecular weight excluding hydrogens is 398 g/mol. The minimum atomic E-state index is -1.07. The molecule has 1 aliphatic rings. The molecule has 0 unspecified atom stereocenters. The fourth-order valence-corrected chi connectivity index (χ4v) is 3.68. The van der Waals surface area contributed by atoms with Crippen molar-refractivity contribution in [2.45, 2.75) is 32.9 Å². The van der Waals surface area contributed by atoms with E-state index in [2.05, 4.69) is 4.98 Å². The smallest absolute Gasteiger partial charge is 0.330 e. The Balaban J connectivity index is 1.58. The van der Waals surface area contributed by atoms with Crippen LogP contribution >= 0.6 is 0 Å². The first-order chi connectivity index (χ1) is 14.9. The third kappa shape index (κ3) is 3.61. The standard InChI is InChI=1S/C23H21N3O5/c1-3-14(2)20(26-21(28)16-8-4-5-9-17(16)22(26)29)23(30)31-13-15-12-19(27)25-11-7-6-10-18(25)24-15/h4-12,14,20H,3,13H2,1-2H3/t14-,20+/m0/s1. The summed E-state index contributed by atoms with van der Waals surface area (Å²) < 4.78 is 6.81. The minimum absolute atomic E-state index is 0.241. The van der Waals surface area contributed by atoms with Crippen LogP contribution in [0.4, 0.5) is 0 Å². The number of aromatic nitrogens is 2. The number of esters is 1. The van der Waals surface area contributed by atoms with E-state index in [1.165, 1.54) is 10.5 Å². The molecule has 2 atom stereocenters. The molecule has 0 spiro atoms. The van der Waals surface area contributed by atoms with Crippen LogP contribution in [0.25, 0.3) is 5.65 Å². The third-order valence-electron chi connectivity index (χ3n) is 5.51. The molecule has 0 radical (unpaired) electrons. The summed E-state index contributed by atoms with van der Waals surface area (Å²) in [7, 11) is 0. The van der Waals surface area contributed by atoms with Crippen molar-refractivity contribution < 1.29 is 19.1 Å². The molecule has 0 fully saturated rings. The Morgan fingerprint density at radius 1 is 1.03 bits per heavy atom. The van der Waals surface area contributed by atoms with Crippen molar-refractivity contribution >= 4 is 23.4 Å². The van der Waals surface area contributed by atoms with Gasteiger partial charge in [0.05, 0.1) is 16.8 Å². The molecule has 0 N–H and O–H groups in total. The molecule has 158 valence electrons. The zero-order valence-corrected chi connectivity index (χ0v) is 17.1. The summed E-state index contributed by atoms with van der Waals surface area (Å²) in [5.74, 6) is -2.04. The summed E-state index contributed by atoms with van der Waals surface area (Å²) in [5, 5.41) is 0. The topological polar surface area (TPSA) is 98.1 Å². The number of ether oxygens (including phenoxy) is 1. The lowest BCUT2D eigenvalue weighted by atomic mass is 9.97. The van der Waals surface area contributed by atoms with Crippen LogP contribution < -0.4 is 5.56 Å². The summed E-state index contributed by atoms with van der Waals surface area (Å²) >= 11 is 0. The molecule has 4 rings (SSSR count). The van der Waals surface area contributed by atoms with Gasteiger partial charge in [-0.05, 0) is 30.2 Å². The minimum Gasteiger partial charge on any atom is -0.458 e. The second-order valence-electron chi connectivity index (χ2n) is 7.48. The highest BCUT2D eigenvalue weighted by Crippen LogP contribution is 2.28. The van der Waals surface area contributed by atoms with Crippen molar-refractivity contribution in [1.29, 1.82) is 0 Å². The maximum atomic E-state index is 13.0. The fraction of sp³-hybridized carbons (Fsp3) is 0.261. The lowest BCUT2D eigenvalue weighted by Crippen LogP contribution is -2.49. The molecule has 3 aromatic rings. The Morgan fingerprint density at radius 3 is 2.32 bits per heavy atom. The Hall–Kier alpha value is -3.81. The van der Waals surface area contributed by atoms with Crippen molar-refractivity contribution in [2.75, 3.05) is 0 Å². The summed E-state index contributed by atoms with van der Waals surface area (Å²) in [6, 6.07) is 11.9. The zero-order valence-electron chi connectivity index (χ0n) is 17.1. The predicted molar refractivity (Wildman–Crippen MR) is 111 cm³/mol. The average Bonchev–Trinajstić information content (AvgIpc) is 3.03. The van der Waals surface area contributed by atoms with E-state index in [1.807, 2.05) is 6.92 Å². The number of fused-ring (bicyclic) bond motifs is 2. The molecule has 0 saturated heterocycles. The van der Waals surface area contributed by atoms with Gasteiger partial charge >= 0.3 is 5.97 Å². The molecule has 2 amide bonds. The van der Waals surface area contributed by atoms with Gasteiger partial charge in [-0.3, -0.25) is 23.7 Å². The van der Waals surface area contributed by atoms with E-state index < -0.39 is 23.8 Å². The monoisotopic (exact) mass is 419 g/mol. The predicted octanol–water partition coefficient (Wildman–Crippen LogP) is 2.45. The maximum absolute atomic E-state index is 13.0. The molecule has 8 nitrogen and oxygen atoms in total. The van der Waals surface area contributed by atoms with Crippen molar-refractivity contribution in [1.82, 2.24) is 14.3 Å². The fourth-order valence-electron chi connectivity index (χ4n) is 3.68. The Labute approximate surface area is 178 Å². The van der Waals surface area contributed by atoms with Gasteiger partial charge in [0.25, 0.3) is 17.4 Å². The lowest BCUT2D eigenvalue weighted by molar-refractivity contribution is -0.151. The van der Waals surface area contributed by atoms with Gasteiger partial charge in [0.1, 0.15) is 18.3 Å². The lowest BCUT2D eigenvalue weighted by Gasteiger charge is -2.28. The number of amides is 2. The van der Waals surface area contributed by atoms with E-state index in [1.54, 1.807) is 55.6 Å². The van der Waals surface area contributed by atoms with Crippen LogP contribution in [0, 0.1) is 5.92 Å². The van der Waals surface area contributed by atoms with Crippen molar-refractivity contribution in [2.24, 2.45) is 5.92 Å². The van der Waals surface area contributed by atoms with Crippen LogP contribution in [0.15, 0.2) is 59.5 Å². The number of imide groups is 1. The summed E-state index contributed by atoms with van der Waals surface area (Å²) in [5.41, 5.74) is 0.973. The summed E-state index contributed by atoms with van der Waals surface area (Å²) in [4.78, 5) is 56.3. The summed E-state index contributed by atoms with van der Waals surface area (Å²) in [6.07, 6.45) is 2.16. The highest BCUT2D eigenvalue weighted by molar-refractivity contribution is 6.22. The SMILES string of the molecule is CC[C@H](C)[C@H](C(=O)OCc1cc(=O)n2ccccc2n1)N1C(=O)c2ccccc2C1=O. The number of hydrogen-bond donors (Lipinski definition) is 0. The number of hydrogen-bond acceptors (Lipinski definition) is 6. The zero-order chi connectivity index (χ0) is 22.1. The Bertz CT molecular complexity index is 1210. The van der Waals surface area contributed by atoms with Crippen LogP contribution in [0.1, 0.15) is 46.7 Å². The first-order valence-corrected chi connectivity index (χ1v) is 10.0. The van der Waals surface area contributed by atoms with E-state index in [-0.39, 0.29) is 34.9 Å². The molecule has 0 aliphatic carbocycles. The van der Waals surface area contributed by atoms with E-state index >= 15 is 0 Å². The van der Waals surface area contributed by atoms with Crippen LogP contribution in [0.2, 0.25) is 0 Å². The maximum Gasteiger partial charge on any atom is 0.330 e. The molecule has 3 heterocycles. The van der Waals surface area contributed by atoms with Crippen LogP contribution in [-0.2, 0) is 16.1 Å². The number of carbonyl (C=O) groups is 3. The highest BCUT2D eigenvalue weighted by atomic mass is 16.5. The number of rotatable bonds is 6. The second-order valence-corrected chi connectivity index (χ2v) is 7.48. The largest absolute Gasteiger partial charge is 0.458 e. The van der Waals surface area contributed by atoms with Crippen molar-refractivity contribution in [3.8, 4) is 0 Å². The van der Waals surface area contributed by atoms with Crippen molar-refractivity contribution in [3.05, 3.63) is 81.9 Å². The van der Waals surface area contributed by atoms with Gasteiger partial charge in [-0.15, -0.1) is 0 Å². The summed E-state index contributed by atoms with van der Waals surface area (Å²) in [6.45, 7) is 3.42. The van der Waals surface area contributed by atoms with E-state index in [4.69, 9.17) is 4.74 Å². The number of pyridine rings is 1. The van der Waals surface area contributed by atoms with Gasteiger partial charge < -0.3 is 4.74 Å². The van der Waals surface area contributed by atoms with Gasteiger partial charge in [0.15, 0.2) is 0 Å². The van der Waals surface area contributed by atoms with Gasteiger partial charge in [-0.25, -0.2) is 9.78 Å². The first-order valence-electron chi connectivity index (χ1n) is 10.0. The Morgan fingerprint density at radius 2 is 1.68 bits per heavy atom. The van der Waals surface area contributed by atoms with Gasteiger partial charge in [0.2, 0.25) is 0 Å². The van der Waals surface area contributed by atoms with Crippen LogP contribution in [0.3, 0.4) is 0 Å². The van der Waals surface area contributed by atoms with Crippen LogP contribution in [-0.4, -0.2) is 38.1 Å². The Kier molecular flexibility index (Phi) is 5.37. The van der Waals surface area contributed by atoms with E-state index in [9.17, 15) is 19.2 Å². The second kappa shape index (κ2) is 8.14. The highest BCUT2D eigenvalue weighted by Gasteiger charge is 2.45. The van der Waals surface area contributed by atoms with E-state index in [0.717, 1.165) is 4.90 Å². The first kappa shape index (κ1) is 20.5. The number of nitrogens with zero attached hydrogens (tertiary/aromatic N) is 3. The van der Waals surface area contributed by atoms with E-state index in [0.29, 0.717) is 12.1 Å². The molecule has 1 aliphatic heterocycles. The van der Waals surface area contributed by atoms with Crippen LogP contribution in [0.5, 0.6) is 0 Å². The van der Waals surface area contributed by atoms with Gasteiger partial charge in [0, 0.05) is 12.3 Å². The molecule has 0 bridgehead atoms. The van der Waals surface area contributed by atoms with Crippen molar-refractivity contribution in [3.63, 3.8) is 0 Å². The number of carbonyl (C=O) groups excluding carboxylic acids is 3. The average molecular weight is 419 g/mol. The molecule has 0 saturated carbocycles. The molecule has 8 heteroatoms. The van der Waals surface area contributed by atoms with Gasteiger partial charge in [-0.1, -0.05) is 38.5 Å². The number of benzene rings is 1. The van der Waals surface area contributed by atoms with Gasteiger partial charge in [-0.2, -0.15) is 0 Å². The molecular formula is C23H21N3O5. The molecule has 2 aromatic heterocycles. The normalized spacial score (nSPS) is 15.1. The molecule has 31 heavy (non-hydrogen) atoms. The molecule has 1 aromatic carbocycles. The quantitative estimate of drug-likeness (QED) is 0.450.